The first kappa shape index (κ1) is 30.7. The van der Waals surface area contributed by atoms with Crippen molar-refractivity contribution in [3.8, 4) is 11.5 Å². The van der Waals surface area contributed by atoms with Gasteiger partial charge in [0.2, 0.25) is 0 Å². The molecule has 2 aliphatic rings. The van der Waals surface area contributed by atoms with Crippen molar-refractivity contribution < 1.29 is 55.0 Å². The first-order chi connectivity index (χ1) is 19.4. The lowest BCUT2D eigenvalue weighted by molar-refractivity contribution is -0.0665. The van der Waals surface area contributed by atoms with E-state index in [-0.39, 0.29) is 25.3 Å². The van der Waals surface area contributed by atoms with E-state index in [4.69, 9.17) is 14.2 Å². The number of benzene rings is 2. The smallest absolute Gasteiger partial charge is 0.490 e. The number of anilines is 1. The van der Waals surface area contributed by atoms with Crippen LogP contribution in [0.25, 0.3) is 0 Å². The third-order valence-electron chi connectivity index (χ3n) is 6.88. The van der Waals surface area contributed by atoms with Crippen LogP contribution < -0.4 is 13.8 Å². The summed E-state index contributed by atoms with van der Waals surface area (Å²) in [5, 5.41) is 20.5. The second kappa shape index (κ2) is 12.7. The van der Waals surface area contributed by atoms with Gasteiger partial charge in [-0.2, -0.15) is 21.6 Å². The zero-order valence-electron chi connectivity index (χ0n) is 22.1. The van der Waals surface area contributed by atoms with E-state index in [1.165, 1.54) is 18.2 Å². The molecule has 1 amide bonds. The maximum absolute atomic E-state index is 13.1. The highest BCUT2D eigenvalue weighted by Gasteiger charge is 2.49. The number of alkyl halides is 3. The van der Waals surface area contributed by atoms with Gasteiger partial charge in [-0.3, -0.25) is 0 Å². The standard InChI is InChI=1S/C26H31F3N2O9S/c1-37-11-4-9-30-10-12-38-22-8-7-17(13-19(22)30)16-39-23-15-31(25(33)34)14-20(32)24(23)18-5-2-3-6-21(18)40-41(35,36)26(27,28)29/h2-3,5-8,13,20,23-24,32H,4,9-12,14-16H2,1H3,(H,33,34)/t20-,23+,24+/m1/s1. The monoisotopic (exact) mass is 604 g/mol. The van der Waals surface area contributed by atoms with E-state index < -0.39 is 45.6 Å². The molecule has 0 aliphatic carbocycles. The number of halogens is 3. The summed E-state index contributed by atoms with van der Waals surface area (Å²) in [6, 6.07) is 10.5. The van der Waals surface area contributed by atoms with Gasteiger partial charge in [-0.1, -0.05) is 24.3 Å². The molecule has 2 aromatic rings. The van der Waals surface area contributed by atoms with Crippen LogP contribution in [0.2, 0.25) is 0 Å². The van der Waals surface area contributed by atoms with Crippen molar-refractivity contribution in [1.29, 1.82) is 0 Å². The average Bonchev–Trinajstić information content (AvgIpc) is 2.91. The van der Waals surface area contributed by atoms with Crippen molar-refractivity contribution in [2.75, 3.05) is 51.4 Å². The van der Waals surface area contributed by atoms with Gasteiger partial charge in [0.05, 0.1) is 44.1 Å². The summed E-state index contributed by atoms with van der Waals surface area (Å²) in [7, 11) is -4.37. The van der Waals surface area contributed by atoms with E-state index in [0.717, 1.165) is 29.6 Å². The zero-order valence-corrected chi connectivity index (χ0v) is 22.9. The van der Waals surface area contributed by atoms with Crippen molar-refractivity contribution in [2.45, 2.75) is 36.7 Å². The Morgan fingerprint density at radius 1 is 1.17 bits per heavy atom. The Morgan fingerprint density at radius 3 is 2.63 bits per heavy atom. The topological polar surface area (TPSA) is 135 Å². The number of hydrogen-bond donors (Lipinski definition) is 2. The lowest BCUT2D eigenvalue weighted by Crippen LogP contribution is -2.53. The van der Waals surface area contributed by atoms with Gasteiger partial charge in [-0.15, -0.1) is 0 Å². The molecule has 1 saturated heterocycles. The molecule has 15 heteroatoms. The van der Waals surface area contributed by atoms with Crippen molar-refractivity contribution in [3.63, 3.8) is 0 Å². The van der Waals surface area contributed by atoms with Crippen LogP contribution in [0.4, 0.5) is 23.7 Å². The van der Waals surface area contributed by atoms with Gasteiger partial charge in [0.15, 0.2) is 0 Å². The fourth-order valence-corrected chi connectivity index (χ4v) is 5.44. The average molecular weight is 605 g/mol. The molecule has 4 rings (SSSR count). The molecule has 0 radical (unpaired) electrons. The number of piperidine rings is 1. The number of fused-ring (bicyclic) bond motifs is 1. The molecule has 1 fully saturated rings. The number of aliphatic hydroxyl groups excluding tert-OH is 1. The summed E-state index contributed by atoms with van der Waals surface area (Å²) in [6.07, 6.45) is -3.01. The molecular formula is C26H31F3N2O9S. The molecule has 41 heavy (non-hydrogen) atoms. The van der Waals surface area contributed by atoms with E-state index in [0.29, 0.717) is 31.1 Å². The molecule has 3 atom stereocenters. The number of nitrogens with zero attached hydrogens (tertiary/aromatic N) is 2. The van der Waals surface area contributed by atoms with Crippen molar-refractivity contribution >= 4 is 21.9 Å². The van der Waals surface area contributed by atoms with Crippen LogP contribution in [0.5, 0.6) is 11.5 Å². The van der Waals surface area contributed by atoms with Gasteiger partial charge in [0, 0.05) is 31.7 Å². The number of methoxy groups -OCH3 is 1. The highest BCUT2D eigenvalue weighted by atomic mass is 32.2. The maximum Gasteiger partial charge on any atom is 0.534 e. The van der Waals surface area contributed by atoms with Crippen molar-refractivity contribution in [1.82, 2.24) is 4.90 Å². The highest BCUT2D eigenvalue weighted by molar-refractivity contribution is 7.88. The van der Waals surface area contributed by atoms with Crippen LogP contribution in [-0.2, 0) is 26.2 Å². The minimum Gasteiger partial charge on any atom is -0.490 e. The normalized spacial score (nSPS) is 21.2. The fourth-order valence-electron chi connectivity index (χ4n) is 4.95. The summed E-state index contributed by atoms with van der Waals surface area (Å²) in [5.41, 5.74) is -4.19. The number of β-amino-alcohol motifs (C(OH)–C–C–N with tert-alkyl or cyclic N) is 1. The van der Waals surface area contributed by atoms with Gasteiger partial charge in [-0.05, 0) is 30.2 Å². The number of likely N-dealkylation sites (tertiary alicyclic amines) is 1. The van der Waals surface area contributed by atoms with Gasteiger partial charge in [0.1, 0.15) is 18.1 Å². The van der Waals surface area contributed by atoms with Crippen LogP contribution >= 0.6 is 0 Å². The first-order valence-corrected chi connectivity index (χ1v) is 14.2. The summed E-state index contributed by atoms with van der Waals surface area (Å²) >= 11 is 0. The second-order valence-electron chi connectivity index (χ2n) is 9.64. The Bertz CT molecular complexity index is 1330. The van der Waals surface area contributed by atoms with Gasteiger partial charge < -0.3 is 38.4 Å². The molecular weight excluding hydrogens is 573 g/mol. The highest BCUT2D eigenvalue weighted by Crippen LogP contribution is 2.39. The third-order valence-corrected chi connectivity index (χ3v) is 7.84. The number of carbonyl (C=O) groups is 1. The predicted octanol–water partition coefficient (Wildman–Crippen LogP) is 3.17. The molecule has 0 aromatic heterocycles. The molecule has 2 aromatic carbocycles. The van der Waals surface area contributed by atoms with Crippen LogP contribution in [0, 0.1) is 0 Å². The molecule has 2 aliphatic heterocycles. The minimum absolute atomic E-state index is 0.0373. The Balaban J connectivity index is 1.60. The van der Waals surface area contributed by atoms with E-state index in [9.17, 15) is 36.6 Å². The maximum atomic E-state index is 13.1. The van der Waals surface area contributed by atoms with Gasteiger partial charge >= 0.3 is 21.7 Å². The lowest BCUT2D eigenvalue weighted by Gasteiger charge is -2.41. The molecule has 2 N–H and O–H groups in total. The number of para-hydroxylation sites is 1. The Kier molecular flexibility index (Phi) is 9.51. The summed E-state index contributed by atoms with van der Waals surface area (Å²) in [6.45, 7) is 1.88. The van der Waals surface area contributed by atoms with Crippen LogP contribution in [-0.4, -0.2) is 93.8 Å². The van der Waals surface area contributed by atoms with Gasteiger partial charge in [-0.25, -0.2) is 4.79 Å². The molecule has 0 saturated carbocycles. The zero-order chi connectivity index (χ0) is 29.8. The lowest BCUT2D eigenvalue weighted by atomic mass is 9.84. The van der Waals surface area contributed by atoms with E-state index in [2.05, 4.69) is 9.08 Å². The van der Waals surface area contributed by atoms with Crippen molar-refractivity contribution in [2.24, 2.45) is 0 Å². The first-order valence-electron chi connectivity index (χ1n) is 12.8. The second-order valence-corrected chi connectivity index (χ2v) is 11.2. The minimum atomic E-state index is -6.00. The van der Waals surface area contributed by atoms with Crippen LogP contribution in [0.1, 0.15) is 23.5 Å². The summed E-state index contributed by atoms with van der Waals surface area (Å²) in [5.74, 6) is -1.04. The number of carboxylic acid groups (broad SMARTS) is 1. The van der Waals surface area contributed by atoms with Crippen LogP contribution in [0.3, 0.4) is 0 Å². The van der Waals surface area contributed by atoms with Crippen molar-refractivity contribution in [3.05, 3.63) is 53.6 Å². The molecule has 226 valence electrons. The van der Waals surface area contributed by atoms with E-state index in [1.54, 1.807) is 19.2 Å². The Labute approximate surface area is 235 Å². The fraction of sp³-hybridized carbons (Fsp3) is 0.500. The van der Waals surface area contributed by atoms with Gasteiger partial charge in [0.25, 0.3) is 0 Å². The summed E-state index contributed by atoms with van der Waals surface area (Å²) < 4.78 is 84.1. The summed E-state index contributed by atoms with van der Waals surface area (Å²) in [4.78, 5) is 14.8. The number of rotatable bonds is 10. The predicted molar refractivity (Wildman–Crippen MR) is 140 cm³/mol. The van der Waals surface area contributed by atoms with E-state index in [1.807, 2.05) is 6.07 Å². The Hall–Kier alpha value is -3.27. The number of hydrogen-bond acceptors (Lipinski definition) is 9. The molecule has 0 spiro atoms. The molecule has 2 heterocycles. The molecule has 0 bridgehead atoms. The number of ether oxygens (including phenoxy) is 3. The van der Waals surface area contributed by atoms with Crippen LogP contribution in [0.15, 0.2) is 42.5 Å². The molecule has 11 nitrogen and oxygen atoms in total. The largest absolute Gasteiger partial charge is 0.534 e. The quantitative estimate of drug-likeness (QED) is 0.237. The number of aliphatic hydroxyl groups is 1. The Morgan fingerprint density at radius 2 is 1.93 bits per heavy atom. The molecule has 0 unspecified atom stereocenters. The SMILES string of the molecule is COCCCN1CCOc2ccc(CO[C@H]3CN(C(=O)O)C[C@@H](O)[C@@H]3c3ccccc3OS(=O)(=O)C(F)(F)F)cc21. The third kappa shape index (κ3) is 7.15. The number of amides is 1. The van der Waals surface area contributed by atoms with E-state index >= 15 is 0 Å².